The minimum absolute atomic E-state index is 0.249. The lowest BCUT2D eigenvalue weighted by Gasteiger charge is -2.36. The van der Waals surface area contributed by atoms with E-state index in [2.05, 4.69) is 47.1 Å². The zero-order valence-electron chi connectivity index (χ0n) is 13.3. The number of rotatable bonds is 5. The average Bonchev–Trinajstić information content (AvgIpc) is 2.55. The Morgan fingerprint density at radius 2 is 1.91 bits per heavy atom. The molecule has 4 nitrogen and oxygen atoms in total. The predicted molar refractivity (Wildman–Crippen MR) is 91.5 cm³/mol. The van der Waals surface area contributed by atoms with Crippen LogP contribution in [0.1, 0.15) is 19.0 Å². The number of benzene rings is 1. The normalized spacial score (nSPS) is 16.4. The number of aryl methyl sites for hydroxylation is 1. The minimum Gasteiger partial charge on any atom is -0.395 e. The van der Waals surface area contributed by atoms with Crippen molar-refractivity contribution in [1.82, 2.24) is 9.88 Å². The number of aliphatic hydroxyl groups excluding tert-OH is 1. The highest BCUT2D eigenvalue weighted by Gasteiger charge is 2.19. The fourth-order valence-corrected chi connectivity index (χ4v) is 3.21. The lowest BCUT2D eigenvalue weighted by molar-refractivity contribution is 0.189. The van der Waals surface area contributed by atoms with E-state index in [0.29, 0.717) is 0 Å². The molecule has 2 aromatic rings. The van der Waals surface area contributed by atoms with Crippen LogP contribution in [0, 0.1) is 0 Å². The molecule has 0 spiro atoms. The molecular formula is C18H25N3O. The smallest absolute Gasteiger partial charge is 0.0726 e. The second kappa shape index (κ2) is 7.07. The molecule has 3 rings (SSSR count). The van der Waals surface area contributed by atoms with Gasteiger partial charge in [0.1, 0.15) is 0 Å². The molecule has 1 aromatic carbocycles. The highest BCUT2D eigenvalue weighted by atomic mass is 16.3. The number of para-hydroxylation sites is 1. The van der Waals surface area contributed by atoms with Gasteiger partial charge in [0.05, 0.1) is 12.1 Å². The number of hydrogen-bond acceptors (Lipinski definition) is 4. The first-order chi connectivity index (χ1) is 10.8. The van der Waals surface area contributed by atoms with Gasteiger partial charge in [-0.2, -0.15) is 0 Å². The van der Waals surface area contributed by atoms with Gasteiger partial charge in [-0.1, -0.05) is 31.5 Å². The van der Waals surface area contributed by atoms with Crippen molar-refractivity contribution in [3.63, 3.8) is 0 Å². The average molecular weight is 299 g/mol. The summed E-state index contributed by atoms with van der Waals surface area (Å²) in [6.45, 7) is 7.29. The summed E-state index contributed by atoms with van der Waals surface area (Å²) in [6, 6.07) is 10.7. The monoisotopic (exact) mass is 299 g/mol. The van der Waals surface area contributed by atoms with Crippen LogP contribution >= 0.6 is 0 Å². The fourth-order valence-electron chi connectivity index (χ4n) is 3.21. The third-order valence-corrected chi connectivity index (χ3v) is 4.38. The van der Waals surface area contributed by atoms with Crippen molar-refractivity contribution >= 4 is 16.6 Å². The van der Waals surface area contributed by atoms with Gasteiger partial charge in [0, 0.05) is 49.5 Å². The van der Waals surface area contributed by atoms with Crippen LogP contribution in [0.15, 0.2) is 30.3 Å². The molecule has 1 aromatic heterocycles. The quantitative estimate of drug-likeness (QED) is 0.919. The topological polar surface area (TPSA) is 39.6 Å². The summed E-state index contributed by atoms with van der Waals surface area (Å²) < 4.78 is 0. The van der Waals surface area contributed by atoms with E-state index in [4.69, 9.17) is 10.1 Å². The number of aliphatic hydroxyl groups is 1. The maximum atomic E-state index is 9.07. The number of aromatic nitrogens is 1. The summed E-state index contributed by atoms with van der Waals surface area (Å²) in [6.07, 6.45) is 2.15. The van der Waals surface area contributed by atoms with Crippen molar-refractivity contribution in [3.8, 4) is 0 Å². The number of fused-ring (bicyclic) bond motifs is 1. The Bertz CT molecular complexity index is 621. The molecule has 2 heterocycles. The maximum Gasteiger partial charge on any atom is 0.0726 e. The molecule has 118 valence electrons. The van der Waals surface area contributed by atoms with Crippen LogP contribution < -0.4 is 4.90 Å². The van der Waals surface area contributed by atoms with Crippen LogP contribution in [-0.2, 0) is 6.42 Å². The lowest BCUT2D eigenvalue weighted by atomic mass is 10.1. The van der Waals surface area contributed by atoms with E-state index in [9.17, 15) is 0 Å². The molecule has 0 unspecified atom stereocenters. The second-order valence-corrected chi connectivity index (χ2v) is 5.95. The van der Waals surface area contributed by atoms with Crippen molar-refractivity contribution in [2.45, 2.75) is 19.8 Å². The molecule has 22 heavy (non-hydrogen) atoms. The van der Waals surface area contributed by atoms with Crippen LogP contribution in [0.25, 0.3) is 10.9 Å². The Kier molecular flexibility index (Phi) is 4.90. The number of β-amino-alcohol motifs (C(OH)–C–C–N with tert-alkyl or cyclic N) is 1. The highest BCUT2D eigenvalue weighted by molar-refractivity contribution is 5.92. The number of hydrogen-bond donors (Lipinski definition) is 1. The summed E-state index contributed by atoms with van der Waals surface area (Å²) >= 11 is 0. The molecule has 0 bridgehead atoms. The van der Waals surface area contributed by atoms with E-state index in [1.54, 1.807) is 0 Å². The maximum absolute atomic E-state index is 9.07. The number of piperazine rings is 1. The number of pyridine rings is 1. The highest BCUT2D eigenvalue weighted by Crippen LogP contribution is 2.28. The number of nitrogens with zero attached hydrogens (tertiary/aromatic N) is 3. The third kappa shape index (κ3) is 3.23. The van der Waals surface area contributed by atoms with Gasteiger partial charge in [0.2, 0.25) is 0 Å². The molecule has 1 fully saturated rings. The molecule has 0 atom stereocenters. The molecule has 0 radical (unpaired) electrons. The second-order valence-electron chi connectivity index (χ2n) is 5.95. The molecular weight excluding hydrogens is 274 g/mol. The third-order valence-electron chi connectivity index (χ3n) is 4.38. The lowest BCUT2D eigenvalue weighted by Crippen LogP contribution is -2.47. The van der Waals surface area contributed by atoms with Crippen molar-refractivity contribution in [1.29, 1.82) is 0 Å². The first-order valence-electron chi connectivity index (χ1n) is 8.28. The van der Waals surface area contributed by atoms with Crippen molar-refractivity contribution in [2.75, 3.05) is 44.2 Å². The Labute approximate surface area is 132 Å². The van der Waals surface area contributed by atoms with E-state index in [1.165, 1.54) is 16.8 Å². The van der Waals surface area contributed by atoms with E-state index in [1.807, 2.05) is 0 Å². The van der Waals surface area contributed by atoms with Gasteiger partial charge < -0.3 is 10.0 Å². The zero-order chi connectivity index (χ0) is 15.4. The SMILES string of the molecule is CCCc1cc(N2CCN(CCO)CC2)c2ccccc2n1. The summed E-state index contributed by atoms with van der Waals surface area (Å²) in [7, 11) is 0. The summed E-state index contributed by atoms with van der Waals surface area (Å²) in [5.41, 5.74) is 3.60. The first-order valence-corrected chi connectivity index (χ1v) is 8.28. The van der Waals surface area contributed by atoms with Crippen LogP contribution in [-0.4, -0.2) is 54.3 Å². The first kappa shape index (κ1) is 15.3. The molecule has 4 heteroatoms. The summed E-state index contributed by atoms with van der Waals surface area (Å²) in [4.78, 5) is 9.59. The van der Waals surface area contributed by atoms with Crippen LogP contribution in [0.3, 0.4) is 0 Å². The largest absolute Gasteiger partial charge is 0.395 e. The van der Waals surface area contributed by atoms with Crippen LogP contribution in [0.4, 0.5) is 5.69 Å². The van der Waals surface area contributed by atoms with Gasteiger partial charge in [-0.25, -0.2) is 0 Å². The van der Waals surface area contributed by atoms with Crippen LogP contribution in [0.2, 0.25) is 0 Å². The molecule has 0 saturated carbocycles. The van der Waals surface area contributed by atoms with Gasteiger partial charge in [0.15, 0.2) is 0 Å². The van der Waals surface area contributed by atoms with E-state index in [-0.39, 0.29) is 6.61 Å². The molecule has 1 N–H and O–H groups in total. The van der Waals surface area contributed by atoms with E-state index >= 15 is 0 Å². The Morgan fingerprint density at radius 3 is 2.64 bits per heavy atom. The van der Waals surface area contributed by atoms with Crippen LogP contribution in [0.5, 0.6) is 0 Å². The fraction of sp³-hybridized carbons (Fsp3) is 0.500. The van der Waals surface area contributed by atoms with E-state index in [0.717, 1.165) is 51.1 Å². The molecule has 0 amide bonds. The van der Waals surface area contributed by atoms with Gasteiger partial charge in [-0.15, -0.1) is 0 Å². The molecule has 0 aliphatic carbocycles. The van der Waals surface area contributed by atoms with Crippen molar-refractivity contribution in [3.05, 3.63) is 36.0 Å². The standard InChI is InChI=1S/C18H25N3O/c1-2-5-15-14-18(16-6-3-4-7-17(16)19-15)21-10-8-20(9-11-21)12-13-22/h3-4,6-7,14,22H,2,5,8-13H2,1H3. The predicted octanol–water partition coefficient (Wildman–Crippen LogP) is 2.30. The molecule has 1 saturated heterocycles. The van der Waals surface area contributed by atoms with Gasteiger partial charge >= 0.3 is 0 Å². The minimum atomic E-state index is 0.249. The van der Waals surface area contributed by atoms with Gasteiger partial charge in [-0.3, -0.25) is 9.88 Å². The number of anilines is 1. The Balaban J connectivity index is 1.89. The zero-order valence-corrected chi connectivity index (χ0v) is 13.3. The van der Waals surface area contributed by atoms with Crippen molar-refractivity contribution < 1.29 is 5.11 Å². The van der Waals surface area contributed by atoms with Gasteiger partial charge in [0.25, 0.3) is 0 Å². The summed E-state index contributed by atoms with van der Waals surface area (Å²) in [5.74, 6) is 0. The van der Waals surface area contributed by atoms with E-state index < -0.39 is 0 Å². The Morgan fingerprint density at radius 1 is 1.14 bits per heavy atom. The molecule has 1 aliphatic rings. The summed E-state index contributed by atoms with van der Waals surface area (Å²) in [5, 5.41) is 10.3. The van der Waals surface area contributed by atoms with Crippen molar-refractivity contribution in [2.24, 2.45) is 0 Å². The van der Waals surface area contributed by atoms with Gasteiger partial charge in [-0.05, 0) is 18.6 Å². The Hall–Kier alpha value is -1.65. The molecule has 1 aliphatic heterocycles.